The summed E-state index contributed by atoms with van der Waals surface area (Å²) in [5.74, 6) is 1.07. The Morgan fingerprint density at radius 1 is 1.43 bits per heavy atom. The molecule has 0 bridgehead atoms. The van der Waals surface area contributed by atoms with Crippen LogP contribution in [0.1, 0.15) is 5.82 Å². The Bertz CT molecular complexity index is 145. The van der Waals surface area contributed by atoms with Crippen LogP contribution >= 0.6 is 0 Å². The number of rotatable bonds is 0. The molecule has 3 nitrogen and oxygen atoms in total. The molecule has 1 aromatic heterocycles. The normalized spacial score (nSPS) is 10.1. The molecule has 1 heterocycles. The van der Waals surface area contributed by atoms with E-state index in [1.54, 1.807) is 4.80 Å². The maximum Gasteiger partial charge on any atom is 0.143 e. The average molecular weight is 99.1 g/mol. The van der Waals surface area contributed by atoms with E-state index in [-0.39, 0.29) is 0 Å². The first-order valence-electron chi connectivity index (χ1n) is 2.24. The lowest BCUT2D eigenvalue weighted by Crippen LogP contribution is -2.23. The van der Waals surface area contributed by atoms with Crippen molar-refractivity contribution in [3.8, 4) is 0 Å². The molecule has 0 aliphatic carbocycles. The standard InChI is InChI=1S/C4H9N3/c1-4-5-7(3)6(4)2/h1-3H3. The van der Waals surface area contributed by atoms with Crippen LogP contribution in [0.15, 0.2) is 0 Å². The second-order valence-corrected chi connectivity index (χ2v) is 1.66. The molecule has 7 heavy (non-hydrogen) atoms. The maximum atomic E-state index is 3.98. The summed E-state index contributed by atoms with van der Waals surface area (Å²) in [7, 11) is 3.88. The first-order chi connectivity index (χ1) is 3.22. The van der Waals surface area contributed by atoms with Crippen molar-refractivity contribution in [2.24, 2.45) is 14.1 Å². The highest BCUT2D eigenvalue weighted by Crippen LogP contribution is 1.88. The van der Waals surface area contributed by atoms with Gasteiger partial charge in [-0.15, -0.1) is 5.10 Å². The van der Waals surface area contributed by atoms with Crippen LogP contribution in [0.5, 0.6) is 0 Å². The van der Waals surface area contributed by atoms with Gasteiger partial charge in [0.05, 0.1) is 0 Å². The SMILES string of the molecule is Cc1nn(C)n1C. The molecule has 0 unspecified atom stereocenters. The molecule has 0 radical (unpaired) electrons. The van der Waals surface area contributed by atoms with Crippen molar-refractivity contribution in [1.29, 1.82) is 0 Å². The van der Waals surface area contributed by atoms with Gasteiger partial charge in [0.1, 0.15) is 5.82 Å². The van der Waals surface area contributed by atoms with Crippen molar-refractivity contribution in [3.63, 3.8) is 0 Å². The molecule has 0 aliphatic rings. The zero-order chi connectivity index (χ0) is 5.44. The molecule has 1 rings (SSSR count). The van der Waals surface area contributed by atoms with Crippen LogP contribution < -0.4 is 0 Å². The lowest BCUT2D eigenvalue weighted by molar-refractivity contribution is 0.395. The summed E-state index contributed by atoms with van der Waals surface area (Å²) < 4.78 is 1.97. The molecule has 0 atom stereocenters. The van der Waals surface area contributed by atoms with Gasteiger partial charge < -0.3 is 0 Å². The molecular weight excluding hydrogens is 90.1 g/mol. The van der Waals surface area contributed by atoms with E-state index >= 15 is 0 Å². The van der Waals surface area contributed by atoms with Crippen LogP contribution in [0, 0.1) is 6.92 Å². The van der Waals surface area contributed by atoms with E-state index in [0.29, 0.717) is 0 Å². The Kier molecular flexibility index (Phi) is 0.708. The van der Waals surface area contributed by atoms with Crippen molar-refractivity contribution < 1.29 is 0 Å². The minimum absolute atomic E-state index is 1.07. The van der Waals surface area contributed by atoms with Gasteiger partial charge in [-0.05, 0) is 6.92 Å². The van der Waals surface area contributed by atoms with Gasteiger partial charge >= 0.3 is 0 Å². The fourth-order valence-electron chi connectivity index (χ4n) is 0.513. The van der Waals surface area contributed by atoms with Crippen LogP contribution in [0.3, 0.4) is 0 Å². The largest absolute Gasteiger partial charge is 0.258 e. The summed E-state index contributed by atoms with van der Waals surface area (Å²) >= 11 is 0. The number of hydrogen-bond acceptors (Lipinski definition) is 1. The van der Waals surface area contributed by atoms with Crippen molar-refractivity contribution >= 4 is 0 Å². The van der Waals surface area contributed by atoms with E-state index < -0.39 is 0 Å². The van der Waals surface area contributed by atoms with Gasteiger partial charge in [-0.1, -0.05) is 0 Å². The van der Waals surface area contributed by atoms with Gasteiger partial charge in [0.25, 0.3) is 0 Å². The van der Waals surface area contributed by atoms with E-state index in [9.17, 15) is 0 Å². The Balaban J connectivity index is 2.92. The molecule has 0 aromatic carbocycles. The molecule has 0 saturated carbocycles. The fourth-order valence-corrected chi connectivity index (χ4v) is 0.513. The van der Waals surface area contributed by atoms with Gasteiger partial charge in [-0.3, -0.25) is 4.68 Å². The first kappa shape index (κ1) is 4.43. The van der Waals surface area contributed by atoms with Crippen LogP contribution in [0.4, 0.5) is 0 Å². The predicted molar refractivity (Wildman–Crippen MR) is 26.9 cm³/mol. The molecule has 0 spiro atoms. The summed E-state index contributed by atoms with van der Waals surface area (Å²) in [6, 6.07) is 0. The quantitative estimate of drug-likeness (QED) is 0.451. The van der Waals surface area contributed by atoms with E-state index in [2.05, 4.69) is 5.10 Å². The van der Waals surface area contributed by atoms with Gasteiger partial charge in [0.2, 0.25) is 0 Å². The second-order valence-electron chi connectivity index (χ2n) is 1.66. The van der Waals surface area contributed by atoms with Crippen LogP contribution in [0.25, 0.3) is 0 Å². The van der Waals surface area contributed by atoms with E-state index in [0.717, 1.165) is 5.82 Å². The second kappa shape index (κ2) is 1.12. The van der Waals surface area contributed by atoms with Crippen molar-refractivity contribution in [1.82, 2.24) is 14.6 Å². The average Bonchev–Trinajstić information content (AvgIpc) is 1.68. The molecule has 0 amide bonds. The zero-order valence-electron chi connectivity index (χ0n) is 4.84. The Labute approximate surface area is 42.5 Å². The lowest BCUT2D eigenvalue weighted by atomic mass is 10.7. The van der Waals surface area contributed by atoms with E-state index in [4.69, 9.17) is 0 Å². The van der Waals surface area contributed by atoms with Crippen LogP contribution in [-0.2, 0) is 14.1 Å². The first-order valence-corrected chi connectivity index (χ1v) is 2.24. The highest BCUT2D eigenvalue weighted by atomic mass is 15.6. The Morgan fingerprint density at radius 3 is 2.00 bits per heavy atom. The highest BCUT2D eigenvalue weighted by molar-refractivity contribution is 4.75. The van der Waals surface area contributed by atoms with Gasteiger partial charge in [-0.25, -0.2) is 4.80 Å². The van der Waals surface area contributed by atoms with Crippen LogP contribution in [-0.4, -0.2) is 14.6 Å². The molecule has 0 fully saturated rings. The predicted octanol–water partition coefficient (Wildman–Crippen LogP) is 0.0670. The fraction of sp³-hybridized carbons (Fsp3) is 0.750. The third-order valence-electron chi connectivity index (χ3n) is 1.19. The maximum absolute atomic E-state index is 3.98. The summed E-state index contributed by atoms with van der Waals surface area (Å²) in [6.45, 7) is 1.97. The van der Waals surface area contributed by atoms with Gasteiger partial charge in [-0.2, -0.15) is 0 Å². The van der Waals surface area contributed by atoms with Crippen LogP contribution in [0.2, 0.25) is 0 Å². The molecule has 1 aromatic rings. The third kappa shape index (κ3) is 0.444. The van der Waals surface area contributed by atoms with Gasteiger partial charge in [0.15, 0.2) is 0 Å². The monoisotopic (exact) mass is 99.1 g/mol. The minimum Gasteiger partial charge on any atom is -0.258 e. The Morgan fingerprint density at radius 2 is 2.00 bits per heavy atom. The van der Waals surface area contributed by atoms with E-state index in [1.165, 1.54) is 0 Å². The lowest BCUT2D eigenvalue weighted by Gasteiger charge is -2.13. The zero-order valence-corrected chi connectivity index (χ0v) is 4.84. The topological polar surface area (TPSA) is 22.8 Å². The minimum atomic E-state index is 1.07. The number of hydrogen-bond donors (Lipinski definition) is 0. The van der Waals surface area contributed by atoms with E-state index in [1.807, 2.05) is 25.7 Å². The van der Waals surface area contributed by atoms with Gasteiger partial charge in [0, 0.05) is 14.1 Å². The number of aryl methyl sites for hydroxylation is 2. The summed E-state index contributed by atoms with van der Waals surface area (Å²) in [5.41, 5.74) is 0. The summed E-state index contributed by atoms with van der Waals surface area (Å²) in [5, 5.41) is 3.98. The van der Waals surface area contributed by atoms with Crippen molar-refractivity contribution in [3.05, 3.63) is 5.82 Å². The summed E-state index contributed by atoms with van der Waals surface area (Å²) in [4.78, 5) is 1.79. The summed E-state index contributed by atoms with van der Waals surface area (Å²) in [6.07, 6.45) is 0. The number of aromatic nitrogens is 3. The highest BCUT2D eigenvalue weighted by Gasteiger charge is 1.95. The molecule has 0 saturated heterocycles. The van der Waals surface area contributed by atoms with Crippen molar-refractivity contribution in [2.45, 2.75) is 6.92 Å². The third-order valence-corrected chi connectivity index (χ3v) is 1.19. The molecule has 40 valence electrons. The smallest absolute Gasteiger partial charge is 0.143 e. The van der Waals surface area contributed by atoms with Crippen molar-refractivity contribution in [2.75, 3.05) is 0 Å². The Hall–Kier alpha value is -0.730. The molecular formula is C4H9N3. The molecule has 0 N–H and O–H groups in total. The number of nitrogens with zero attached hydrogens (tertiary/aromatic N) is 3. The molecule has 3 heteroatoms. The molecule has 0 aliphatic heterocycles.